The van der Waals surface area contributed by atoms with Gasteiger partial charge in [0, 0.05) is 19.4 Å². The minimum atomic E-state index is -0.0850. The molecule has 2 heterocycles. The molecule has 0 bridgehead atoms. The van der Waals surface area contributed by atoms with Crippen molar-refractivity contribution in [3.05, 3.63) is 47.5 Å². The normalized spacial score (nSPS) is 15.8. The zero-order valence-electron chi connectivity index (χ0n) is 14.5. The summed E-state index contributed by atoms with van der Waals surface area (Å²) < 4.78 is 2.14. The Morgan fingerprint density at radius 1 is 1.25 bits per heavy atom. The molecule has 1 aromatic carbocycles. The van der Waals surface area contributed by atoms with Gasteiger partial charge in [0.1, 0.15) is 5.82 Å². The average molecular weight is 326 g/mol. The molecule has 0 fully saturated rings. The maximum atomic E-state index is 12.3. The number of hydrogen-bond acceptors (Lipinski definition) is 3. The number of benzene rings is 1. The van der Waals surface area contributed by atoms with E-state index in [2.05, 4.69) is 51.3 Å². The molecule has 0 saturated carbocycles. The summed E-state index contributed by atoms with van der Waals surface area (Å²) in [6.07, 6.45) is 4.70. The van der Waals surface area contributed by atoms with Crippen LogP contribution in [0.1, 0.15) is 56.4 Å². The second-order valence-electron chi connectivity index (χ2n) is 6.85. The zero-order chi connectivity index (χ0) is 16.9. The number of amides is 1. The predicted molar refractivity (Wildman–Crippen MR) is 93.4 cm³/mol. The van der Waals surface area contributed by atoms with Crippen molar-refractivity contribution in [1.82, 2.24) is 20.1 Å². The lowest BCUT2D eigenvalue weighted by atomic mass is 9.98. The number of aryl methyl sites for hydroxylation is 2. The van der Waals surface area contributed by atoms with Gasteiger partial charge in [-0.25, -0.2) is 0 Å². The lowest BCUT2D eigenvalue weighted by Crippen LogP contribution is -2.29. The van der Waals surface area contributed by atoms with Crippen molar-refractivity contribution in [2.24, 2.45) is 5.92 Å². The quantitative estimate of drug-likeness (QED) is 0.850. The molecule has 1 aliphatic heterocycles. The number of carbonyl (C=O) groups is 1. The third-order valence-electron chi connectivity index (χ3n) is 4.71. The number of nitrogens with zero attached hydrogens (tertiary/aromatic N) is 3. The summed E-state index contributed by atoms with van der Waals surface area (Å²) >= 11 is 0. The molecule has 5 nitrogen and oxygen atoms in total. The summed E-state index contributed by atoms with van der Waals surface area (Å²) in [5.74, 6) is 2.38. The van der Waals surface area contributed by atoms with Gasteiger partial charge in [-0.3, -0.25) is 4.79 Å². The van der Waals surface area contributed by atoms with Crippen LogP contribution in [0, 0.1) is 5.92 Å². The van der Waals surface area contributed by atoms with Crippen molar-refractivity contribution < 1.29 is 4.79 Å². The van der Waals surface area contributed by atoms with Crippen molar-refractivity contribution in [2.45, 2.75) is 58.5 Å². The molecule has 1 aliphatic rings. The first-order chi connectivity index (χ1) is 11.6. The van der Waals surface area contributed by atoms with E-state index < -0.39 is 0 Å². The first-order valence-electron chi connectivity index (χ1n) is 8.88. The van der Waals surface area contributed by atoms with Gasteiger partial charge in [0.05, 0.1) is 6.04 Å². The summed E-state index contributed by atoms with van der Waals surface area (Å²) in [5.41, 5.74) is 1.33. The van der Waals surface area contributed by atoms with Crippen molar-refractivity contribution in [1.29, 1.82) is 0 Å². The molecule has 3 rings (SSSR count). The summed E-state index contributed by atoms with van der Waals surface area (Å²) in [6, 6.07) is 10.3. The Kier molecular flexibility index (Phi) is 5.28. The highest BCUT2D eigenvalue weighted by Gasteiger charge is 2.22. The van der Waals surface area contributed by atoms with Crippen LogP contribution in [0.4, 0.5) is 0 Å². The fraction of sp³-hybridized carbons (Fsp3) is 0.526. The van der Waals surface area contributed by atoms with Gasteiger partial charge < -0.3 is 9.88 Å². The third-order valence-corrected chi connectivity index (χ3v) is 4.71. The Morgan fingerprint density at radius 3 is 2.83 bits per heavy atom. The van der Waals surface area contributed by atoms with E-state index in [0.717, 1.165) is 43.9 Å². The van der Waals surface area contributed by atoms with Crippen LogP contribution in [-0.2, 0) is 24.2 Å². The van der Waals surface area contributed by atoms with Crippen LogP contribution in [0.3, 0.4) is 0 Å². The average Bonchev–Trinajstić information content (AvgIpc) is 3.16. The number of fused-ring (bicyclic) bond motifs is 1. The van der Waals surface area contributed by atoms with Gasteiger partial charge in [-0.1, -0.05) is 37.3 Å². The molecule has 0 radical (unpaired) electrons. The lowest BCUT2D eigenvalue weighted by molar-refractivity contribution is -0.122. The molecular weight excluding hydrogens is 300 g/mol. The molecular formula is C19H26N4O. The third kappa shape index (κ3) is 4.02. The number of carbonyl (C=O) groups excluding carboxylic acids is 1. The molecule has 0 spiro atoms. The van der Waals surface area contributed by atoms with E-state index in [0.29, 0.717) is 12.3 Å². The highest BCUT2D eigenvalue weighted by molar-refractivity contribution is 5.76. The van der Waals surface area contributed by atoms with Crippen LogP contribution in [0.15, 0.2) is 30.3 Å². The topological polar surface area (TPSA) is 59.8 Å². The Hall–Kier alpha value is -2.17. The fourth-order valence-electron chi connectivity index (χ4n) is 3.33. The van der Waals surface area contributed by atoms with E-state index in [-0.39, 0.29) is 11.9 Å². The molecule has 2 aromatic rings. The van der Waals surface area contributed by atoms with Gasteiger partial charge in [0.15, 0.2) is 5.82 Å². The van der Waals surface area contributed by atoms with E-state index in [9.17, 15) is 4.79 Å². The standard InChI is InChI=1S/C19H26N4O/c1-14(10-11-16-7-4-3-5-8-16)13-18(24)20-15(2)19-22-21-17-9-6-12-23(17)19/h3-5,7-8,14-15H,6,9-13H2,1-2H3,(H,20,24)/t14-,15-/m1/s1. The first kappa shape index (κ1) is 16.7. The molecule has 0 unspecified atom stereocenters. The van der Waals surface area contributed by atoms with Crippen molar-refractivity contribution >= 4 is 5.91 Å². The summed E-state index contributed by atoms with van der Waals surface area (Å²) in [6.45, 7) is 5.09. The van der Waals surface area contributed by atoms with Gasteiger partial charge in [-0.05, 0) is 37.7 Å². The van der Waals surface area contributed by atoms with Gasteiger partial charge in [-0.2, -0.15) is 0 Å². The second-order valence-corrected chi connectivity index (χ2v) is 6.85. The van der Waals surface area contributed by atoms with Gasteiger partial charge in [0.2, 0.25) is 5.91 Å². The Labute approximate surface area is 143 Å². The van der Waals surface area contributed by atoms with E-state index in [1.54, 1.807) is 0 Å². The maximum Gasteiger partial charge on any atom is 0.220 e. The van der Waals surface area contributed by atoms with Crippen LogP contribution in [-0.4, -0.2) is 20.7 Å². The number of hydrogen-bond donors (Lipinski definition) is 1. The number of nitrogens with one attached hydrogen (secondary N) is 1. The SMILES string of the molecule is C[C@H](CCc1ccccc1)CC(=O)N[C@H](C)c1nnc2n1CCC2. The molecule has 2 atom stereocenters. The van der Waals surface area contributed by atoms with E-state index >= 15 is 0 Å². The van der Waals surface area contributed by atoms with E-state index in [1.807, 2.05) is 13.0 Å². The molecule has 0 aliphatic carbocycles. The van der Waals surface area contributed by atoms with Crippen LogP contribution in [0.25, 0.3) is 0 Å². The molecule has 5 heteroatoms. The smallest absolute Gasteiger partial charge is 0.220 e. The van der Waals surface area contributed by atoms with Crippen LogP contribution >= 0.6 is 0 Å². The highest BCUT2D eigenvalue weighted by Crippen LogP contribution is 2.19. The largest absolute Gasteiger partial charge is 0.346 e. The molecule has 24 heavy (non-hydrogen) atoms. The Bertz CT molecular complexity index is 680. The summed E-state index contributed by atoms with van der Waals surface area (Å²) in [4.78, 5) is 12.3. The Balaban J connectivity index is 1.46. The lowest BCUT2D eigenvalue weighted by Gasteiger charge is -2.16. The monoisotopic (exact) mass is 326 g/mol. The summed E-state index contributed by atoms with van der Waals surface area (Å²) in [7, 11) is 0. The van der Waals surface area contributed by atoms with Gasteiger partial charge in [0.25, 0.3) is 0 Å². The minimum absolute atomic E-state index is 0.0850. The molecule has 1 aromatic heterocycles. The van der Waals surface area contributed by atoms with Crippen LogP contribution in [0.5, 0.6) is 0 Å². The van der Waals surface area contributed by atoms with Crippen molar-refractivity contribution in [2.75, 3.05) is 0 Å². The number of rotatable bonds is 7. The zero-order valence-corrected chi connectivity index (χ0v) is 14.5. The molecule has 1 amide bonds. The van der Waals surface area contributed by atoms with E-state index in [4.69, 9.17) is 0 Å². The molecule has 0 saturated heterocycles. The van der Waals surface area contributed by atoms with Crippen molar-refractivity contribution in [3.8, 4) is 0 Å². The van der Waals surface area contributed by atoms with E-state index in [1.165, 1.54) is 5.56 Å². The predicted octanol–water partition coefficient (Wildman–Crippen LogP) is 3.06. The fourth-order valence-corrected chi connectivity index (χ4v) is 3.33. The maximum absolute atomic E-state index is 12.3. The number of aromatic nitrogens is 3. The first-order valence-corrected chi connectivity index (χ1v) is 8.88. The minimum Gasteiger partial charge on any atom is -0.346 e. The molecule has 128 valence electrons. The van der Waals surface area contributed by atoms with Crippen LogP contribution in [0.2, 0.25) is 0 Å². The van der Waals surface area contributed by atoms with Crippen LogP contribution < -0.4 is 5.32 Å². The van der Waals surface area contributed by atoms with Crippen molar-refractivity contribution in [3.63, 3.8) is 0 Å². The Morgan fingerprint density at radius 2 is 2.04 bits per heavy atom. The second kappa shape index (κ2) is 7.60. The summed E-state index contributed by atoms with van der Waals surface area (Å²) in [5, 5.41) is 11.5. The molecule has 1 N–H and O–H groups in total. The highest BCUT2D eigenvalue weighted by atomic mass is 16.1. The van der Waals surface area contributed by atoms with Gasteiger partial charge in [-0.15, -0.1) is 10.2 Å². The van der Waals surface area contributed by atoms with Gasteiger partial charge >= 0.3 is 0 Å².